The number of nitrogens with zero attached hydrogens (tertiary/aromatic N) is 1. The Bertz CT molecular complexity index is 554. The minimum atomic E-state index is -0.182. The zero-order chi connectivity index (χ0) is 12.3. The van der Waals surface area contributed by atoms with E-state index in [9.17, 15) is 4.79 Å². The number of pyridine rings is 1. The van der Waals surface area contributed by atoms with E-state index < -0.39 is 0 Å². The second-order valence-electron chi connectivity index (χ2n) is 3.51. The number of hydrogen-bond acceptors (Lipinski definition) is 4. The van der Waals surface area contributed by atoms with Crippen LogP contribution in [0, 0.1) is 0 Å². The zero-order valence-corrected chi connectivity index (χ0v) is 9.43. The van der Waals surface area contributed by atoms with Crippen LogP contribution in [-0.2, 0) is 4.79 Å². The maximum atomic E-state index is 11.1. The average Bonchev–Trinajstić information content (AvgIpc) is 2.38. The summed E-state index contributed by atoms with van der Waals surface area (Å²) >= 11 is 0. The second-order valence-corrected chi connectivity index (χ2v) is 3.51. The highest BCUT2D eigenvalue weighted by Crippen LogP contribution is 2.28. The Kier molecular flexibility index (Phi) is 3.09. The molecule has 0 saturated carbocycles. The molecule has 2 rings (SSSR count). The van der Waals surface area contributed by atoms with Crippen LogP contribution in [0.1, 0.15) is 0 Å². The summed E-state index contributed by atoms with van der Waals surface area (Å²) in [6.45, 7) is -0.0234. The molecule has 0 saturated heterocycles. The number of carbonyl (C=O) groups is 1. The summed E-state index contributed by atoms with van der Waals surface area (Å²) in [6.07, 6.45) is 1.67. The smallest absolute Gasteiger partial charge is 0.257 e. The number of hydrogen-bond donors (Lipinski definition) is 2. The van der Waals surface area contributed by atoms with Gasteiger partial charge in [-0.15, -0.1) is 0 Å². The van der Waals surface area contributed by atoms with Gasteiger partial charge < -0.3 is 15.8 Å². The first-order valence-electron chi connectivity index (χ1n) is 5.19. The molecule has 0 atom stereocenters. The molecule has 0 unspecified atom stereocenters. The lowest BCUT2D eigenvalue weighted by atomic mass is 10.2. The predicted molar refractivity (Wildman–Crippen MR) is 65.7 cm³/mol. The quantitative estimate of drug-likeness (QED) is 0.771. The number of carbonyl (C=O) groups excluding carboxylic acids is 1. The molecule has 0 aliphatic carbocycles. The first-order valence-corrected chi connectivity index (χ1v) is 5.19. The number of fused-ring (bicyclic) bond motifs is 1. The van der Waals surface area contributed by atoms with Gasteiger partial charge in [-0.2, -0.15) is 0 Å². The molecule has 0 aliphatic heterocycles. The molecule has 88 valence electrons. The lowest BCUT2D eigenvalue weighted by Crippen LogP contribution is -2.24. The number of likely N-dealkylation sites (N-methyl/N-ethyl adjacent to an activating group) is 1. The summed E-state index contributed by atoms with van der Waals surface area (Å²) in [5.41, 5.74) is 7.08. The summed E-state index contributed by atoms with van der Waals surface area (Å²) < 4.78 is 5.42. The third-order valence-corrected chi connectivity index (χ3v) is 2.40. The average molecular weight is 231 g/mol. The molecular formula is C12H13N3O2. The van der Waals surface area contributed by atoms with E-state index in [-0.39, 0.29) is 12.5 Å². The van der Waals surface area contributed by atoms with Crippen LogP contribution in [0.25, 0.3) is 10.9 Å². The van der Waals surface area contributed by atoms with Gasteiger partial charge in [0.25, 0.3) is 5.91 Å². The molecule has 1 aromatic carbocycles. The van der Waals surface area contributed by atoms with Crippen LogP contribution < -0.4 is 15.8 Å². The third kappa shape index (κ3) is 2.28. The highest BCUT2D eigenvalue weighted by Gasteiger charge is 2.07. The highest BCUT2D eigenvalue weighted by atomic mass is 16.5. The predicted octanol–water partition coefficient (Wildman–Crippen LogP) is 0.942. The van der Waals surface area contributed by atoms with Crippen molar-refractivity contribution in [3.8, 4) is 5.75 Å². The highest BCUT2D eigenvalue weighted by molar-refractivity contribution is 5.94. The van der Waals surface area contributed by atoms with E-state index in [1.807, 2.05) is 6.07 Å². The van der Waals surface area contributed by atoms with Crippen LogP contribution >= 0.6 is 0 Å². The van der Waals surface area contributed by atoms with E-state index in [1.165, 1.54) is 0 Å². The minimum Gasteiger partial charge on any atom is -0.483 e. The van der Waals surface area contributed by atoms with Gasteiger partial charge in [-0.25, -0.2) is 0 Å². The minimum absolute atomic E-state index is 0.0234. The number of anilines is 1. The molecule has 2 aromatic rings. The molecule has 0 radical (unpaired) electrons. The Morgan fingerprint density at radius 2 is 2.29 bits per heavy atom. The van der Waals surface area contributed by atoms with Crippen molar-refractivity contribution in [3.63, 3.8) is 0 Å². The van der Waals surface area contributed by atoms with Crippen LogP contribution in [0.15, 0.2) is 30.5 Å². The summed E-state index contributed by atoms with van der Waals surface area (Å²) in [6, 6.07) is 7.11. The van der Waals surface area contributed by atoms with Crippen molar-refractivity contribution < 1.29 is 9.53 Å². The molecule has 0 fully saturated rings. The molecule has 17 heavy (non-hydrogen) atoms. The number of rotatable bonds is 3. The number of nitrogens with two attached hydrogens (primary N) is 1. The Labute approximate surface area is 98.6 Å². The van der Waals surface area contributed by atoms with Crippen molar-refractivity contribution in [1.82, 2.24) is 10.3 Å². The number of benzene rings is 1. The zero-order valence-electron chi connectivity index (χ0n) is 9.43. The van der Waals surface area contributed by atoms with Crippen molar-refractivity contribution in [3.05, 3.63) is 30.5 Å². The number of nitrogen functional groups attached to an aromatic ring is 1. The molecule has 0 aliphatic rings. The van der Waals surface area contributed by atoms with E-state index in [2.05, 4.69) is 10.3 Å². The fraction of sp³-hybridized carbons (Fsp3) is 0.167. The number of ether oxygens (including phenoxy) is 1. The lowest BCUT2D eigenvalue weighted by Gasteiger charge is -2.09. The summed E-state index contributed by atoms with van der Waals surface area (Å²) in [5.74, 6) is 0.421. The van der Waals surface area contributed by atoms with Gasteiger partial charge in [-0.3, -0.25) is 9.78 Å². The van der Waals surface area contributed by atoms with Gasteiger partial charge in [0, 0.05) is 18.6 Å². The van der Waals surface area contributed by atoms with Gasteiger partial charge >= 0.3 is 0 Å². The van der Waals surface area contributed by atoms with Crippen LogP contribution in [0.5, 0.6) is 5.75 Å². The van der Waals surface area contributed by atoms with Crippen molar-refractivity contribution >= 4 is 22.5 Å². The molecule has 3 N–H and O–H groups in total. The van der Waals surface area contributed by atoms with Crippen LogP contribution in [0.2, 0.25) is 0 Å². The van der Waals surface area contributed by atoms with Gasteiger partial charge in [0.2, 0.25) is 0 Å². The van der Waals surface area contributed by atoms with E-state index in [0.29, 0.717) is 17.0 Å². The normalized spacial score (nSPS) is 10.2. The number of amides is 1. The van der Waals surface area contributed by atoms with Crippen LogP contribution in [0.3, 0.4) is 0 Å². The monoisotopic (exact) mass is 231 g/mol. The topological polar surface area (TPSA) is 77.2 Å². The molecule has 1 amide bonds. The Hall–Kier alpha value is -2.30. The van der Waals surface area contributed by atoms with Crippen molar-refractivity contribution in [2.24, 2.45) is 0 Å². The number of aromatic nitrogens is 1. The molecule has 5 nitrogen and oxygen atoms in total. The maximum absolute atomic E-state index is 11.1. The van der Waals surface area contributed by atoms with Crippen LogP contribution in [-0.4, -0.2) is 24.5 Å². The molecule has 0 bridgehead atoms. The van der Waals surface area contributed by atoms with Gasteiger partial charge in [-0.1, -0.05) is 0 Å². The van der Waals surface area contributed by atoms with Gasteiger partial charge in [-0.05, 0) is 24.3 Å². The summed E-state index contributed by atoms with van der Waals surface area (Å²) in [5, 5.41) is 3.29. The van der Waals surface area contributed by atoms with E-state index >= 15 is 0 Å². The molecule has 1 aromatic heterocycles. The van der Waals surface area contributed by atoms with E-state index in [1.54, 1.807) is 31.4 Å². The summed E-state index contributed by atoms with van der Waals surface area (Å²) in [4.78, 5) is 15.3. The molecule has 1 heterocycles. The van der Waals surface area contributed by atoms with Gasteiger partial charge in [0.05, 0.1) is 11.2 Å². The Balaban J connectivity index is 2.35. The largest absolute Gasteiger partial charge is 0.483 e. The third-order valence-electron chi connectivity index (χ3n) is 2.40. The Morgan fingerprint density at radius 1 is 1.47 bits per heavy atom. The summed E-state index contributed by atoms with van der Waals surface area (Å²) in [7, 11) is 1.56. The van der Waals surface area contributed by atoms with Gasteiger partial charge in [0.15, 0.2) is 6.61 Å². The molecule has 5 heteroatoms. The second kappa shape index (κ2) is 4.69. The maximum Gasteiger partial charge on any atom is 0.257 e. The SMILES string of the molecule is CNC(=O)COc1ccc(N)c2ncccc12. The first kappa shape index (κ1) is 11.2. The fourth-order valence-electron chi connectivity index (χ4n) is 1.51. The fourth-order valence-corrected chi connectivity index (χ4v) is 1.51. The van der Waals surface area contributed by atoms with Crippen molar-refractivity contribution in [2.45, 2.75) is 0 Å². The molecular weight excluding hydrogens is 218 g/mol. The number of nitrogens with one attached hydrogen (secondary N) is 1. The van der Waals surface area contributed by atoms with Gasteiger partial charge in [0.1, 0.15) is 5.75 Å². The van der Waals surface area contributed by atoms with Crippen molar-refractivity contribution in [1.29, 1.82) is 0 Å². The Morgan fingerprint density at radius 3 is 3.06 bits per heavy atom. The van der Waals surface area contributed by atoms with E-state index in [0.717, 1.165) is 5.39 Å². The van der Waals surface area contributed by atoms with E-state index in [4.69, 9.17) is 10.5 Å². The molecule has 0 spiro atoms. The first-order chi connectivity index (χ1) is 8.22. The lowest BCUT2D eigenvalue weighted by molar-refractivity contribution is -0.122. The van der Waals surface area contributed by atoms with Crippen molar-refractivity contribution in [2.75, 3.05) is 19.4 Å². The standard InChI is InChI=1S/C12H13N3O2/c1-14-11(16)7-17-10-5-4-9(13)12-8(10)3-2-6-15-12/h2-6H,7,13H2,1H3,(H,14,16). The van der Waals surface area contributed by atoms with Crippen LogP contribution in [0.4, 0.5) is 5.69 Å².